The number of para-hydroxylation sites is 2. The Morgan fingerprint density at radius 3 is 1.51 bits per heavy atom. The number of nitrogens with one attached hydrogen (secondary N) is 2. The van der Waals surface area contributed by atoms with Crippen molar-refractivity contribution in [2.45, 2.75) is 113 Å². The molecule has 8 rings (SSSR count). The highest BCUT2D eigenvalue weighted by molar-refractivity contribution is 8.02. The van der Waals surface area contributed by atoms with Gasteiger partial charge >= 0.3 is 0 Å². The highest BCUT2D eigenvalue weighted by Crippen LogP contribution is 2.38. The molecule has 0 aromatic heterocycles. The van der Waals surface area contributed by atoms with Crippen LogP contribution in [0.25, 0.3) is 0 Å². The van der Waals surface area contributed by atoms with Crippen molar-refractivity contribution < 1.29 is 43.1 Å². The fourth-order valence-electron chi connectivity index (χ4n) is 9.44. The lowest BCUT2D eigenvalue weighted by Gasteiger charge is -2.30. The number of benzene rings is 4. The maximum Gasteiger partial charge on any atom is 0.242 e. The second kappa shape index (κ2) is 25.3. The lowest BCUT2D eigenvalue weighted by Crippen LogP contribution is -2.38. The molecule has 0 aliphatic carbocycles. The summed E-state index contributed by atoms with van der Waals surface area (Å²) in [6.45, 7) is 9.10. The van der Waals surface area contributed by atoms with E-state index in [0.717, 1.165) is 43.2 Å². The van der Waals surface area contributed by atoms with Crippen molar-refractivity contribution in [1.29, 1.82) is 0 Å². The van der Waals surface area contributed by atoms with Crippen LogP contribution in [0.2, 0.25) is 0 Å². The van der Waals surface area contributed by atoms with E-state index >= 15 is 0 Å². The van der Waals surface area contributed by atoms with Crippen LogP contribution in [-0.4, -0.2) is 116 Å². The molecule has 0 bridgehead atoms. The van der Waals surface area contributed by atoms with Crippen molar-refractivity contribution in [3.63, 3.8) is 0 Å². The molecule has 0 radical (unpaired) electrons. The molecule has 2 saturated heterocycles. The zero-order valence-corrected chi connectivity index (χ0v) is 45.6. The number of hydrogen-bond donors (Lipinski definition) is 2. The lowest BCUT2D eigenvalue weighted by atomic mass is 10.0. The van der Waals surface area contributed by atoms with Crippen molar-refractivity contribution >= 4 is 82.2 Å². The Hall–Kier alpha value is -7.18. The fourth-order valence-corrected chi connectivity index (χ4v) is 12.3. The molecule has 2 unspecified atom stereocenters. The molecule has 2 atom stereocenters. The first-order valence-electron chi connectivity index (χ1n) is 26.1. The van der Waals surface area contributed by atoms with Gasteiger partial charge in [-0.05, 0) is 80.0 Å². The molecule has 0 spiro atoms. The van der Waals surface area contributed by atoms with E-state index in [4.69, 9.17) is 4.74 Å². The number of amides is 8. The Bertz CT molecular complexity index is 3080. The minimum Gasteiger partial charge on any atom is -0.375 e. The third-order valence-corrected chi connectivity index (χ3v) is 16.6. The summed E-state index contributed by atoms with van der Waals surface area (Å²) in [4.78, 5) is 111. The summed E-state index contributed by atoms with van der Waals surface area (Å²) < 4.78 is 5.88. The molecule has 15 nitrogen and oxygen atoms in total. The number of nitrogens with zero attached hydrogens (tertiary/aromatic N) is 4. The van der Waals surface area contributed by atoms with Gasteiger partial charge in [0.1, 0.15) is 0 Å². The smallest absolute Gasteiger partial charge is 0.242 e. The van der Waals surface area contributed by atoms with E-state index < -0.39 is 20.8 Å². The number of carbonyl (C=O) groups excluding carboxylic acids is 8. The molecule has 17 heteroatoms. The van der Waals surface area contributed by atoms with Gasteiger partial charge in [-0.3, -0.25) is 48.2 Å². The van der Waals surface area contributed by atoms with E-state index in [-0.39, 0.29) is 112 Å². The number of carbonyl (C=O) groups is 8. The third kappa shape index (κ3) is 14.7. The number of likely N-dealkylation sites (tertiary alicyclic amines) is 2. The first-order chi connectivity index (χ1) is 36.9. The predicted molar refractivity (Wildman–Crippen MR) is 298 cm³/mol. The molecule has 4 aromatic rings. The van der Waals surface area contributed by atoms with Crippen LogP contribution in [0.5, 0.6) is 0 Å². The van der Waals surface area contributed by atoms with E-state index in [2.05, 4.69) is 34.3 Å². The van der Waals surface area contributed by atoms with Crippen molar-refractivity contribution in [3.05, 3.63) is 130 Å². The highest BCUT2D eigenvalue weighted by Gasteiger charge is 2.42. The average molecular weight is 1080 g/mol. The Labute approximate surface area is 459 Å². The van der Waals surface area contributed by atoms with E-state index in [1.165, 1.54) is 23.5 Å². The quantitative estimate of drug-likeness (QED) is 0.0628. The number of imide groups is 2. The standard InChI is InChI=1S/C60H64N6O9S2/c1-59(2,30-36-76-49-37-55(71)63(57(49)73)33-27-51(67)61-31-25-53(69)65-39-45-17-7-5-13-41(45)21-23-43-15-9-11-19-47(43)65)75-35-29-60(3,4)77-50-38-56(72)64(58(50)74)34-28-52(68)62-32-26-54(70)66-40-46-18-8-6-14-42(46)22-24-44-16-10-12-20-48(44)66/h5-20,49-50H,25-40H2,1-4H3,(H,61,67)(H,62,68). The van der Waals surface area contributed by atoms with Crippen LogP contribution in [0.1, 0.15) is 112 Å². The summed E-state index contributed by atoms with van der Waals surface area (Å²) in [5.74, 6) is 11.0. The largest absolute Gasteiger partial charge is 0.375 e. The van der Waals surface area contributed by atoms with Gasteiger partial charge in [0.05, 0.1) is 40.6 Å². The molecule has 4 aromatic carbocycles. The van der Waals surface area contributed by atoms with Gasteiger partial charge in [0.2, 0.25) is 47.3 Å². The first-order valence-corrected chi connectivity index (χ1v) is 28.0. The summed E-state index contributed by atoms with van der Waals surface area (Å²) in [7, 11) is 0. The van der Waals surface area contributed by atoms with E-state index in [1.54, 1.807) is 9.80 Å². The molecule has 4 aliphatic rings. The highest BCUT2D eigenvalue weighted by atomic mass is 32.2. The summed E-state index contributed by atoms with van der Waals surface area (Å²) in [6, 6.07) is 30.4. The molecule has 4 aliphatic heterocycles. The minimum absolute atomic E-state index is 0.0368. The Kier molecular flexibility index (Phi) is 18.4. The van der Waals surface area contributed by atoms with Gasteiger partial charge in [-0.2, -0.15) is 0 Å². The molecule has 8 amide bonds. The van der Waals surface area contributed by atoms with Gasteiger partial charge in [0.25, 0.3) is 0 Å². The Morgan fingerprint density at radius 2 is 1.00 bits per heavy atom. The zero-order chi connectivity index (χ0) is 54.7. The van der Waals surface area contributed by atoms with Crippen LogP contribution in [-0.2, 0) is 56.2 Å². The van der Waals surface area contributed by atoms with Crippen LogP contribution in [0.4, 0.5) is 11.4 Å². The van der Waals surface area contributed by atoms with Gasteiger partial charge in [0.15, 0.2) is 0 Å². The molecular weight excluding hydrogens is 1010 g/mol. The third-order valence-electron chi connectivity index (χ3n) is 13.9. The van der Waals surface area contributed by atoms with E-state index in [1.807, 2.05) is 125 Å². The topological polar surface area (TPSA) is 183 Å². The summed E-state index contributed by atoms with van der Waals surface area (Å²) >= 11 is 2.81. The average Bonchev–Trinajstić information content (AvgIpc) is 3.81. The SMILES string of the molecule is CC(C)(CCSC1CC(=O)N(CCC(=O)NCCC(=O)N2Cc3ccccc3C#Cc3ccccc32)C1=O)OCCC(C)(C)SC1CC(=O)N(CCC(=O)NCCC(=O)N2Cc3ccccc3C#Cc3ccccc32)C1=O. The van der Waals surface area contributed by atoms with Crippen LogP contribution in [0.3, 0.4) is 0 Å². The number of rotatable bonds is 22. The van der Waals surface area contributed by atoms with Crippen molar-refractivity contribution in [2.24, 2.45) is 0 Å². The molecule has 4 heterocycles. The van der Waals surface area contributed by atoms with Gasteiger partial charge in [-0.25, -0.2) is 0 Å². The van der Waals surface area contributed by atoms with Gasteiger partial charge in [-0.15, -0.1) is 23.5 Å². The van der Waals surface area contributed by atoms with E-state index in [9.17, 15) is 38.4 Å². The monoisotopic (exact) mass is 1080 g/mol. The fraction of sp³-hybridized carbons (Fsp3) is 0.400. The number of fused-ring (bicyclic) bond motifs is 4. The predicted octanol–water partition coefficient (Wildman–Crippen LogP) is 6.75. The van der Waals surface area contributed by atoms with Crippen LogP contribution in [0.15, 0.2) is 97.1 Å². The molecular formula is C60H64N6O9S2. The Balaban J connectivity index is 0.698. The molecule has 400 valence electrons. The normalized spacial score (nSPS) is 16.8. The maximum atomic E-state index is 13.6. The number of ether oxygens (including phenoxy) is 1. The Morgan fingerprint density at radius 1 is 0.571 bits per heavy atom. The van der Waals surface area contributed by atoms with Crippen LogP contribution < -0.4 is 20.4 Å². The molecule has 0 saturated carbocycles. The lowest BCUT2D eigenvalue weighted by molar-refractivity contribution is -0.140. The molecule has 2 N–H and O–H groups in total. The summed E-state index contributed by atoms with van der Waals surface area (Å²) in [5, 5.41) is 4.41. The minimum atomic E-state index is -0.594. The number of hydrogen-bond acceptors (Lipinski definition) is 11. The maximum absolute atomic E-state index is 13.6. The van der Waals surface area contributed by atoms with Crippen LogP contribution >= 0.6 is 23.5 Å². The van der Waals surface area contributed by atoms with Gasteiger partial charge in [-0.1, -0.05) is 98.2 Å². The molecule has 2 fully saturated rings. The van der Waals surface area contributed by atoms with Gasteiger partial charge in [0, 0.05) is 98.3 Å². The number of anilines is 2. The second-order valence-corrected chi connectivity index (χ2v) is 23.7. The van der Waals surface area contributed by atoms with E-state index in [0.29, 0.717) is 49.7 Å². The van der Waals surface area contributed by atoms with Crippen LogP contribution in [0, 0.1) is 23.7 Å². The zero-order valence-electron chi connectivity index (χ0n) is 44.0. The van der Waals surface area contributed by atoms with Gasteiger partial charge < -0.3 is 25.2 Å². The summed E-state index contributed by atoms with van der Waals surface area (Å²) in [6.07, 6.45) is 1.22. The van der Waals surface area contributed by atoms with Crippen molar-refractivity contribution in [2.75, 3.05) is 48.3 Å². The summed E-state index contributed by atoms with van der Waals surface area (Å²) in [5.41, 5.74) is 5.91. The first kappa shape index (κ1) is 56.0. The molecule has 77 heavy (non-hydrogen) atoms. The number of thioether (sulfide) groups is 2. The van der Waals surface area contributed by atoms with Crippen molar-refractivity contribution in [3.8, 4) is 23.7 Å². The second-order valence-electron chi connectivity index (χ2n) is 20.5. The van der Waals surface area contributed by atoms with Crippen molar-refractivity contribution in [1.82, 2.24) is 20.4 Å².